The van der Waals surface area contributed by atoms with Gasteiger partial charge in [0.25, 0.3) is 0 Å². The average Bonchev–Trinajstić information content (AvgIpc) is 3.26. The molecule has 138 valence electrons. The summed E-state index contributed by atoms with van der Waals surface area (Å²) in [6.07, 6.45) is 9.11. The Morgan fingerprint density at radius 1 is 1.31 bits per heavy atom. The van der Waals surface area contributed by atoms with Crippen molar-refractivity contribution in [1.29, 1.82) is 0 Å². The minimum Gasteiger partial charge on any atom is -0.469 e. The largest absolute Gasteiger partial charge is 0.469 e. The van der Waals surface area contributed by atoms with Crippen LogP contribution in [-0.2, 0) is 23.1 Å². The molecule has 26 heavy (non-hydrogen) atoms. The molecule has 7 nitrogen and oxygen atoms in total. The number of carbonyl (C=O) groups is 2. The Morgan fingerprint density at radius 3 is 2.92 bits per heavy atom. The molecule has 7 heteroatoms. The van der Waals surface area contributed by atoms with E-state index in [1.807, 2.05) is 19.3 Å². The predicted octanol–water partition coefficient (Wildman–Crippen LogP) is 2.12. The van der Waals surface area contributed by atoms with Crippen molar-refractivity contribution in [2.24, 2.45) is 13.0 Å². The van der Waals surface area contributed by atoms with Gasteiger partial charge >= 0.3 is 0 Å². The maximum Gasteiger partial charge on any atom is 0.226 e. The molecule has 3 unspecified atom stereocenters. The zero-order valence-corrected chi connectivity index (χ0v) is 15.1. The number of furan rings is 1. The summed E-state index contributed by atoms with van der Waals surface area (Å²) < 4.78 is 7.23. The van der Waals surface area contributed by atoms with Crippen LogP contribution in [0.2, 0.25) is 0 Å². The smallest absolute Gasteiger partial charge is 0.226 e. The van der Waals surface area contributed by atoms with Gasteiger partial charge in [0.2, 0.25) is 11.8 Å². The molecule has 2 amide bonds. The fraction of sp³-hybridized carbons (Fsp3) is 0.526. The second-order valence-corrected chi connectivity index (χ2v) is 7.29. The number of hydrogen-bond acceptors (Lipinski definition) is 4. The van der Waals surface area contributed by atoms with E-state index in [-0.39, 0.29) is 29.8 Å². The number of piperidine rings is 1. The highest BCUT2D eigenvalue weighted by molar-refractivity contribution is 5.85. The van der Waals surface area contributed by atoms with Crippen molar-refractivity contribution in [2.45, 2.75) is 44.2 Å². The fourth-order valence-electron chi connectivity index (χ4n) is 4.28. The van der Waals surface area contributed by atoms with Gasteiger partial charge in [-0.25, -0.2) is 0 Å². The third kappa shape index (κ3) is 2.91. The summed E-state index contributed by atoms with van der Waals surface area (Å²) >= 11 is 0. The topological polar surface area (TPSA) is 80.4 Å². The number of aryl methyl sites for hydroxylation is 2. The van der Waals surface area contributed by atoms with Gasteiger partial charge < -0.3 is 14.6 Å². The van der Waals surface area contributed by atoms with Gasteiger partial charge in [-0.2, -0.15) is 5.10 Å². The Morgan fingerprint density at radius 2 is 2.15 bits per heavy atom. The third-order valence-corrected chi connectivity index (χ3v) is 5.63. The van der Waals surface area contributed by atoms with Crippen LogP contribution >= 0.6 is 0 Å². The molecule has 1 aliphatic heterocycles. The van der Waals surface area contributed by atoms with Crippen molar-refractivity contribution >= 4 is 11.8 Å². The van der Waals surface area contributed by atoms with E-state index >= 15 is 0 Å². The molecule has 3 atom stereocenters. The summed E-state index contributed by atoms with van der Waals surface area (Å²) in [7, 11) is 3.61. The van der Waals surface area contributed by atoms with Gasteiger partial charge in [0.05, 0.1) is 30.5 Å². The second kappa shape index (κ2) is 6.63. The Balaban J connectivity index is 1.57. The molecule has 0 spiro atoms. The first-order chi connectivity index (χ1) is 12.5. The van der Waals surface area contributed by atoms with E-state index in [1.165, 1.54) is 0 Å². The van der Waals surface area contributed by atoms with Crippen molar-refractivity contribution in [3.63, 3.8) is 0 Å². The first-order valence-corrected chi connectivity index (χ1v) is 9.15. The van der Waals surface area contributed by atoms with Gasteiger partial charge in [-0.15, -0.1) is 0 Å². The van der Waals surface area contributed by atoms with Crippen LogP contribution in [0.25, 0.3) is 0 Å². The molecule has 0 radical (unpaired) electrons. The molecule has 1 saturated heterocycles. The number of fused-ring (bicyclic) bond motifs is 1. The molecular weight excluding hydrogens is 332 g/mol. The highest BCUT2D eigenvalue weighted by Gasteiger charge is 2.40. The lowest BCUT2D eigenvalue weighted by molar-refractivity contribution is -0.142. The highest BCUT2D eigenvalue weighted by Crippen LogP contribution is 2.37. The number of rotatable bonds is 3. The van der Waals surface area contributed by atoms with Crippen LogP contribution in [0.3, 0.4) is 0 Å². The van der Waals surface area contributed by atoms with Crippen molar-refractivity contribution in [3.05, 3.63) is 41.6 Å². The van der Waals surface area contributed by atoms with E-state index in [0.717, 1.165) is 36.1 Å². The second-order valence-electron chi connectivity index (χ2n) is 7.29. The maximum atomic E-state index is 13.1. The van der Waals surface area contributed by atoms with Crippen LogP contribution in [0.15, 0.2) is 29.1 Å². The number of carbonyl (C=O) groups excluding carboxylic acids is 2. The van der Waals surface area contributed by atoms with Crippen molar-refractivity contribution in [1.82, 2.24) is 20.0 Å². The van der Waals surface area contributed by atoms with Crippen LogP contribution in [0, 0.1) is 5.92 Å². The van der Waals surface area contributed by atoms with E-state index < -0.39 is 0 Å². The maximum absolute atomic E-state index is 13.1. The molecule has 2 aliphatic rings. The predicted molar refractivity (Wildman–Crippen MR) is 94.0 cm³/mol. The molecule has 2 aromatic rings. The van der Waals surface area contributed by atoms with Gasteiger partial charge in [-0.05, 0) is 25.3 Å². The normalized spacial score (nSPS) is 25.8. The van der Waals surface area contributed by atoms with Crippen LogP contribution in [-0.4, -0.2) is 33.5 Å². The Hall–Kier alpha value is -2.57. The molecule has 0 aromatic carbocycles. The summed E-state index contributed by atoms with van der Waals surface area (Å²) in [6, 6.07) is 1.66. The Bertz CT molecular complexity index is 824. The van der Waals surface area contributed by atoms with E-state index in [9.17, 15) is 9.59 Å². The minimum absolute atomic E-state index is 0.00254. The van der Waals surface area contributed by atoms with Gasteiger partial charge in [-0.3, -0.25) is 14.3 Å². The van der Waals surface area contributed by atoms with E-state index in [2.05, 4.69) is 10.4 Å². The zero-order chi connectivity index (χ0) is 18.3. The quantitative estimate of drug-likeness (QED) is 0.913. The number of hydrogen-bond donors (Lipinski definition) is 1. The molecule has 0 bridgehead atoms. The van der Waals surface area contributed by atoms with E-state index in [4.69, 9.17) is 4.42 Å². The highest BCUT2D eigenvalue weighted by atomic mass is 16.3. The standard InChI is InChI=1S/C19H24N4O3/c1-22-11-12(10-20-22)18-14(6-7-17(24)23(18)2)19(25)21-15-4-3-5-16-13(15)8-9-26-16/h8-11,14-15,18H,3-7H2,1-2H3,(H,21,25). The summed E-state index contributed by atoms with van der Waals surface area (Å²) in [5, 5.41) is 7.43. The summed E-state index contributed by atoms with van der Waals surface area (Å²) in [6.45, 7) is 0. The average molecular weight is 356 g/mol. The lowest BCUT2D eigenvalue weighted by Crippen LogP contribution is -2.47. The third-order valence-electron chi connectivity index (χ3n) is 5.63. The molecule has 1 fully saturated rings. The number of aromatic nitrogens is 2. The first kappa shape index (κ1) is 16.9. The molecular formula is C19H24N4O3. The lowest BCUT2D eigenvalue weighted by Gasteiger charge is -2.38. The summed E-state index contributed by atoms with van der Waals surface area (Å²) in [5.74, 6) is 0.760. The Kier molecular flexibility index (Phi) is 4.30. The summed E-state index contributed by atoms with van der Waals surface area (Å²) in [5.41, 5.74) is 1.98. The number of amides is 2. The SMILES string of the molecule is CN1C(=O)CCC(C(=O)NC2CCCc3occc32)C1c1cnn(C)c1. The number of nitrogens with one attached hydrogen (secondary N) is 1. The molecule has 0 saturated carbocycles. The first-order valence-electron chi connectivity index (χ1n) is 9.15. The minimum atomic E-state index is -0.280. The van der Waals surface area contributed by atoms with Gasteiger partial charge in [0.1, 0.15) is 5.76 Å². The van der Waals surface area contributed by atoms with Crippen molar-refractivity contribution in [3.8, 4) is 0 Å². The summed E-state index contributed by atoms with van der Waals surface area (Å²) in [4.78, 5) is 27.0. The molecule has 3 heterocycles. The number of nitrogens with zero attached hydrogens (tertiary/aromatic N) is 3. The van der Waals surface area contributed by atoms with Crippen LogP contribution < -0.4 is 5.32 Å². The van der Waals surface area contributed by atoms with Crippen LogP contribution in [0.1, 0.15) is 54.7 Å². The zero-order valence-electron chi connectivity index (χ0n) is 15.1. The molecule has 1 aliphatic carbocycles. The van der Waals surface area contributed by atoms with Gasteiger partial charge in [0.15, 0.2) is 0 Å². The van der Waals surface area contributed by atoms with Gasteiger partial charge in [0, 0.05) is 44.3 Å². The van der Waals surface area contributed by atoms with Gasteiger partial charge in [-0.1, -0.05) is 0 Å². The molecule has 1 N–H and O–H groups in total. The van der Waals surface area contributed by atoms with Crippen LogP contribution in [0.5, 0.6) is 0 Å². The molecule has 2 aromatic heterocycles. The Labute approximate surface area is 152 Å². The van der Waals surface area contributed by atoms with E-state index in [0.29, 0.717) is 12.8 Å². The van der Waals surface area contributed by atoms with Crippen LogP contribution in [0.4, 0.5) is 0 Å². The lowest BCUT2D eigenvalue weighted by atomic mass is 9.84. The number of likely N-dealkylation sites (tertiary alicyclic amines) is 1. The monoisotopic (exact) mass is 356 g/mol. The molecule has 4 rings (SSSR count). The van der Waals surface area contributed by atoms with Crippen molar-refractivity contribution < 1.29 is 14.0 Å². The fourth-order valence-corrected chi connectivity index (χ4v) is 4.28. The van der Waals surface area contributed by atoms with Crippen molar-refractivity contribution in [2.75, 3.05) is 7.05 Å². The van der Waals surface area contributed by atoms with E-state index in [1.54, 1.807) is 29.1 Å².